The van der Waals surface area contributed by atoms with Gasteiger partial charge in [0.25, 0.3) is 0 Å². The molecule has 9 aromatic rings. The first kappa shape index (κ1) is 98.0. The normalized spacial score (nSPS) is 20.2. The van der Waals surface area contributed by atoms with E-state index in [1.807, 2.05) is 103 Å². The first-order valence-corrected chi connectivity index (χ1v) is 48.2. The van der Waals surface area contributed by atoms with Gasteiger partial charge in [-0.25, -0.2) is 8.42 Å². The number of thioether (sulfide) groups is 1. The van der Waals surface area contributed by atoms with Crippen LogP contribution < -0.4 is 17.0 Å². The van der Waals surface area contributed by atoms with Crippen molar-refractivity contribution in [3.05, 3.63) is 323 Å². The predicted molar refractivity (Wildman–Crippen MR) is 463 cm³/mol. The van der Waals surface area contributed by atoms with Gasteiger partial charge in [0.1, 0.15) is 47.4 Å². The van der Waals surface area contributed by atoms with E-state index in [-0.39, 0.29) is 85.3 Å². The summed E-state index contributed by atoms with van der Waals surface area (Å²) < 4.78 is 116. The van der Waals surface area contributed by atoms with Crippen LogP contribution >= 0.6 is 56.6 Å². The summed E-state index contributed by atoms with van der Waals surface area (Å²) in [6, 6.07) is 93.5. The van der Waals surface area contributed by atoms with E-state index in [0.29, 0.717) is 89.8 Å². The average Bonchev–Trinajstić information content (AvgIpc) is 1.67. The SMILES string of the molecule is CCCBr.CCC[S+]1C[C@@H](OCc2ccccc2)[C@H](OCc2ccccc2)[C@H]1COCc1ccccc1.CCC[S+]1C[C@@H](OCc2ccccc2)[C@H](OCc2ccccc2)[C@H]1COCc1ccccc1.F.O=S(=O)([O-])C(F)(F)F.PI.[Br-].c1ccc(COC[C@H]2SC[C@@H](OCc3ccccc3)[C@@H]2OCc2ccccc2)cc1. The molecule has 3 heterocycles. The molecule has 0 aliphatic carbocycles. The molecule has 12 nitrogen and oxygen atoms in total. The van der Waals surface area contributed by atoms with Gasteiger partial charge in [0.05, 0.1) is 96.7 Å². The maximum Gasteiger partial charge on any atom is 0.485 e. The Balaban J connectivity index is 0.000000274. The van der Waals surface area contributed by atoms with Gasteiger partial charge in [0.15, 0.2) is 20.6 Å². The van der Waals surface area contributed by atoms with Crippen molar-refractivity contribution < 1.29 is 90.5 Å². The lowest BCUT2D eigenvalue weighted by atomic mass is 10.1. The second-order valence-corrected chi connectivity index (χ2v) is 34.4. The molecule has 0 aromatic heterocycles. The molecule has 0 spiro atoms. The monoisotopic (exact) mass is 1880 g/mol. The highest BCUT2D eigenvalue weighted by Crippen LogP contribution is 2.36. The van der Waals surface area contributed by atoms with Crippen LogP contribution in [0.1, 0.15) is 90.1 Å². The number of hydrogen-bond acceptors (Lipinski definition) is 13. The maximum atomic E-state index is 10.7. The molecule has 0 amide bonds. The van der Waals surface area contributed by atoms with Crippen molar-refractivity contribution in [3.8, 4) is 0 Å². The van der Waals surface area contributed by atoms with Crippen molar-refractivity contribution in [1.29, 1.82) is 0 Å². The van der Waals surface area contributed by atoms with Crippen molar-refractivity contribution >= 4 is 88.5 Å². The van der Waals surface area contributed by atoms with Crippen LogP contribution in [-0.2, 0) is 134 Å². The summed E-state index contributed by atoms with van der Waals surface area (Å²) in [4.78, 5) is 0. The lowest BCUT2D eigenvalue weighted by molar-refractivity contribution is -0.0768. The molecule has 112 heavy (non-hydrogen) atoms. The Morgan fingerprint density at radius 2 is 0.625 bits per heavy atom. The molecular weight excluding hydrogens is 1770 g/mol. The molecular formula is C88H108Br2F4IO12PS4. The zero-order valence-electron chi connectivity index (χ0n) is 63.8. The fourth-order valence-electron chi connectivity index (χ4n) is 12.2. The maximum absolute atomic E-state index is 10.7. The minimum absolute atomic E-state index is 0. The van der Waals surface area contributed by atoms with Crippen LogP contribution in [0.25, 0.3) is 0 Å². The van der Waals surface area contributed by atoms with E-state index >= 15 is 0 Å². The minimum atomic E-state index is -6.09. The van der Waals surface area contributed by atoms with Gasteiger partial charge in [-0.3, -0.25) is 4.70 Å². The summed E-state index contributed by atoms with van der Waals surface area (Å²) in [6.07, 6.45) is 3.92. The summed E-state index contributed by atoms with van der Waals surface area (Å²) in [6.45, 7) is 16.7. The zero-order chi connectivity index (χ0) is 78.3. The molecule has 12 rings (SSSR count). The van der Waals surface area contributed by atoms with Crippen LogP contribution in [0.2, 0.25) is 0 Å². The standard InChI is InChI=1S/2C29H35O3S.C26H28O3S.C3H7Br.CHF3O3S.BrH.FH.H2IP/c2*1-2-18-33-23-27(31-20-25-14-8-4-9-15-25)29(32-21-26-16-10-5-11-17-26)28(33)22-30-19-24-12-6-3-7-13-24;1-4-10-21(11-5-1)16-27-19-25-26(29-18-23-14-8-3-9-15-23)24(20-30-25)28-17-22-12-6-2-7-13-22;1-2-3-4;2-1(3,4)8(5,6)7;;;1-2/h2*3-17,27-29H,2,18-23H2,1H3;1-15,24-26H,16-20H2;2-3H2,1H3;(H,5,6,7);2*1H;2H2/q2*+1;;;;;;/p-2/t2*27-,28-,29+,33?;24-,25-,26+;;;;;/m111...../s1. The molecule has 0 bridgehead atoms. The Kier molecular flexibility index (Phi) is 50.3. The molecule has 3 saturated heterocycles. The highest BCUT2D eigenvalue weighted by molar-refractivity contribution is 14.2. The van der Waals surface area contributed by atoms with Gasteiger partial charge < -0.3 is 64.2 Å². The van der Waals surface area contributed by atoms with E-state index in [4.69, 9.17) is 55.6 Å². The highest BCUT2D eigenvalue weighted by Gasteiger charge is 2.53. The third kappa shape index (κ3) is 36.9. The topological polar surface area (TPSA) is 140 Å². The van der Waals surface area contributed by atoms with Crippen LogP contribution in [0, 0.1) is 0 Å². The van der Waals surface area contributed by atoms with Crippen LogP contribution in [0.3, 0.4) is 0 Å². The fourth-order valence-corrected chi connectivity index (χ4v) is 19.3. The fraction of sp³-hybridized carbons (Fsp3) is 0.386. The van der Waals surface area contributed by atoms with Gasteiger partial charge in [0, 0.05) is 11.1 Å². The smallest absolute Gasteiger partial charge is 0.485 e. The summed E-state index contributed by atoms with van der Waals surface area (Å²) in [7, 11) is -5.64. The molecule has 12 atom stereocenters. The molecule has 3 aliphatic rings. The predicted octanol–water partition coefficient (Wildman–Crippen LogP) is 17.3. The molecule has 0 N–H and O–H groups in total. The second-order valence-electron chi connectivity index (χ2n) is 26.1. The Morgan fingerprint density at radius 1 is 0.402 bits per heavy atom. The Hall–Kier alpha value is -4.58. The van der Waals surface area contributed by atoms with Gasteiger partial charge in [-0.15, -0.1) is 0 Å². The van der Waals surface area contributed by atoms with Crippen LogP contribution in [0.15, 0.2) is 273 Å². The van der Waals surface area contributed by atoms with Crippen molar-refractivity contribution in [2.75, 3.05) is 53.9 Å². The average molecular weight is 1880 g/mol. The molecule has 610 valence electrons. The third-order valence-corrected chi connectivity index (χ3v) is 26.3. The number of rotatable bonds is 35. The van der Waals surface area contributed by atoms with Gasteiger partial charge in [-0.2, -0.15) is 24.9 Å². The molecule has 24 heteroatoms. The van der Waals surface area contributed by atoms with Crippen LogP contribution in [0.4, 0.5) is 17.9 Å². The largest absolute Gasteiger partial charge is 1.00 e. The first-order chi connectivity index (χ1) is 53.7. The molecule has 0 saturated carbocycles. The summed E-state index contributed by atoms with van der Waals surface area (Å²) in [5.74, 6) is 5.44. The first-order valence-electron chi connectivity index (χ1n) is 37.2. The van der Waals surface area contributed by atoms with Gasteiger partial charge in [-0.1, -0.05) is 339 Å². The lowest BCUT2D eigenvalue weighted by Crippen LogP contribution is -3.00. The third-order valence-electron chi connectivity index (χ3n) is 17.6. The number of benzene rings is 9. The van der Waals surface area contributed by atoms with E-state index in [0.717, 1.165) is 22.6 Å². The summed E-state index contributed by atoms with van der Waals surface area (Å²) in [5, 5.41) is 2.11. The molecule has 9 aromatic carbocycles. The van der Waals surface area contributed by atoms with Crippen molar-refractivity contribution in [2.24, 2.45) is 0 Å². The molecule has 3 fully saturated rings. The van der Waals surface area contributed by atoms with Crippen LogP contribution in [0.5, 0.6) is 0 Å². The van der Waals surface area contributed by atoms with Gasteiger partial charge >= 0.3 is 5.51 Å². The number of ether oxygens (including phenoxy) is 9. The number of hydrogen-bond donors (Lipinski definition) is 0. The summed E-state index contributed by atoms with van der Waals surface area (Å²) >= 11 is 7.20. The number of halogens is 7. The van der Waals surface area contributed by atoms with Gasteiger partial charge in [-0.05, 0) is 91.1 Å². The Labute approximate surface area is 707 Å². The minimum Gasteiger partial charge on any atom is -1.00 e. The Bertz CT molecular complexity index is 3730. The van der Waals surface area contributed by atoms with E-state index < -0.39 is 15.6 Å². The number of alkyl halides is 4. The molecule has 0 radical (unpaired) electrons. The van der Waals surface area contributed by atoms with E-state index in [1.54, 1.807) is 0 Å². The van der Waals surface area contributed by atoms with Crippen LogP contribution in [-0.4, -0.2) is 125 Å². The van der Waals surface area contributed by atoms with E-state index in [9.17, 15) is 13.2 Å². The lowest BCUT2D eigenvalue weighted by Gasteiger charge is -2.25. The van der Waals surface area contributed by atoms with Crippen molar-refractivity contribution in [1.82, 2.24) is 0 Å². The molecule has 3 aliphatic heterocycles. The second kappa shape index (κ2) is 57.5. The van der Waals surface area contributed by atoms with Crippen molar-refractivity contribution in [3.63, 3.8) is 0 Å². The van der Waals surface area contributed by atoms with Crippen molar-refractivity contribution in [2.45, 2.75) is 157 Å². The Morgan fingerprint density at radius 3 is 0.866 bits per heavy atom. The van der Waals surface area contributed by atoms with E-state index in [2.05, 4.69) is 248 Å². The van der Waals surface area contributed by atoms with Gasteiger partial charge in [0.2, 0.25) is 0 Å². The summed E-state index contributed by atoms with van der Waals surface area (Å²) in [5.41, 5.74) is 5.15. The molecule has 3 unspecified atom stereocenters. The van der Waals surface area contributed by atoms with E-state index in [1.165, 1.54) is 80.8 Å². The highest BCUT2D eigenvalue weighted by atomic mass is 127. The quantitative estimate of drug-likeness (QED) is 0.00708. The zero-order valence-corrected chi connectivity index (χ0v) is 73.6.